The molecule has 0 radical (unpaired) electrons. The number of carbonyl (C=O) groups is 2. The van der Waals surface area contributed by atoms with Gasteiger partial charge >= 0.3 is 6.03 Å². The number of thiazole rings is 1. The molecular formula is C22H21N3O3S. The maximum Gasteiger partial charge on any atom is 0.325 e. The summed E-state index contributed by atoms with van der Waals surface area (Å²) < 4.78 is 5.26. The van der Waals surface area contributed by atoms with E-state index in [0.29, 0.717) is 5.69 Å². The average Bonchev–Trinajstić information content (AvgIpc) is 3.28. The van der Waals surface area contributed by atoms with Crippen LogP contribution in [-0.4, -0.2) is 28.9 Å². The third-order valence-electron chi connectivity index (χ3n) is 5.15. The maximum absolute atomic E-state index is 13.2. The fraction of sp³-hybridized carbons (Fsp3) is 0.227. The Bertz CT molecular complexity index is 1090. The summed E-state index contributed by atoms with van der Waals surface area (Å²) in [5.41, 5.74) is 2.29. The van der Waals surface area contributed by atoms with E-state index in [2.05, 4.69) is 10.3 Å². The van der Waals surface area contributed by atoms with Crippen LogP contribution < -0.4 is 10.1 Å². The van der Waals surface area contributed by atoms with Crippen molar-refractivity contribution >= 4 is 23.3 Å². The third-order valence-corrected chi connectivity index (χ3v) is 6.09. The highest BCUT2D eigenvalue weighted by molar-refractivity contribution is 7.13. The first-order valence-corrected chi connectivity index (χ1v) is 10.1. The Labute approximate surface area is 173 Å². The first-order chi connectivity index (χ1) is 13.9. The smallest absolute Gasteiger partial charge is 0.325 e. The first kappa shape index (κ1) is 19.1. The van der Waals surface area contributed by atoms with Gasteiger partial charge in [-0.2, -0.15) is 0 Å². The second-order valence-corrected chi connectivity index (χ2v) is 8.00. The number of ether oxygens (including phenoxy) is 1. The van der Waals surface area contributed by atoms with Gasteiger partial charge in [-0.25, -0.2) is 9.78 Å². The van der Waals surface area contributed by atoms with Gasteiger partial charge in [-0.15, -0.1) is 11.3 Å². The van der Waals surface area contributed by atoms with Crippen molar-refractivity contribution in [3.63, 3.8) is 0 Å². The van der Waals surface area contributed by atoms with Crippen LogP contribution in [0.2, 0.25) is 0 Å². The number of amides is 3. The van der Waals surface area contributed by atoms with Gasteiger partial charge in [-0.1, -0.05) is 36.4 Å². The van der Waals surface area contributed by atoms with Crippen LogP contribution in [0.1, 0.15) is 23.7 Å². The Balaban J connectivity index is 1.57. The topological polar surface area (TPSA) is 71.5 Å². The molecule has 0 saturated carbocycles. The zero-order valence-corrected chi connectivity index (χ0v) is 17.2. The predicted octanol–water partition coefficient (Wildman–Crippen LogP) is 4.09. The lowest BCUT2D eigenvalue weighted by Gasteiger charge is -2.24. The highest BCUT2D eigenvalue weighted by atomic mass is 32.1. The van der Waals surface area contributed by atoms with E-state index in [1.807, 2.05) is 60.8 Å². The van der Waals surface area contributed by atoms with E-state index < -0.39 is 11.6 Å². The lowest BCUT2D eigenvalue weighted by Crippen LogP contribution is -2.41. The number of hydrogen-bond acceptors (Lipinski definition) is 5. The normalized spacial score (nSPS) is 18.8. The molecule has 0 aliphatic carbocycles. The minimum absolute atomic E-state index is 0.132. The summed E-state index contributed by atoms with van der Waals surface area (Å²) in [6.45, 7) is 3.81. The van der Waals surface area contributed by atoms with Crippen molar-refractivity contribution in [2.24, 2.45) is 0 Å². The summed E-state index contributed by atoms with van der Waals surface area (Å²) in [6.07, 6.45) is 0. The molecule has 1 unspecified atom stereocenters. The highest BCUT2D eigenvalue weighted by Gasteiger charge is 2.49. The van der Waals surface area contributed by atoms with E-state index in [-0.39, 0.29) is 12.5 Å². The summed E-state index contributed by atoms with van der Waals surface area (Å²) in [5, 5.41) is 5.54. The summed E-state index contributed by atoms with van der Waals surface area (Å²) in [5.74, 6) is 0.482. The summed E-state index contributed by atoms with van der Waals surface area (Å²) in [4.78, 5) is 31.6. The predicted molar refractivity (Wildman–Crippen MR) is 112 cm³/mol. The van der Waals surface area contributed by atoms with Crippen molar-refractivity contribution in [1.82, 2.24) is 15.2 Å². The van der Waals surface area contributed by atoms with Crippen LogP contribution in [0.3, 0.4) is 0 Å². The quantitative estimate of drug-likeness (QED) is 0.647. The van der Waals surface area contributed by atoms with Crippen LogP contribution >= 0.6 is 11.3 Å². The van der Waals surface area contributed by atoms with Gasteiger partial charge < -0.3 is 10.1 Å². The van der Waals surface area contributed by atoms with Crippen molar-refractivity contribution in [2.75, 3.05) is 7.11 Å². The van der Waals surface area contributed by atoms with E-state index in [9.17, 15) is 9.59 Å². The fourth-order valence-electron chi connectivity index (χ4n) is 3.59. The first-order valence-electron chi connectivity index (χ1n) is 9.21. The summed E-state index contributed by atoms with van der Waals surface area (Å²) in [7, 11) is 1.62. The van der Waals surface area contributed by atoms with Crippen LogP contribution in [0, 0.1) is 6.92 Å². The number of urea groups is 1. The van der Waals surface area contributed by atoms with E-state index >= 15 is 0 Å². The molecule has 29 heavy (non-hydrogen) atoms. The van der Waals surface area contributed by atoms with Gasteiger partial charge in [0.25, 0.3) is 5.91 Å². The molecule has 3 amide bonds. The third kappa shape index (κ3) is 3.38. The van der Waals surface area contributed by atoms with Crippen molar-refractivity contribution in [1.29, 1.82) is 0 Å². The van der Waals surface area contributed by atoms with Gasteiger partial charge in [0.05, 0.1) is 19.3 Å². The van der Waals surface area contributed by atoms with Crippen LogP contribution in [0.15, 0.2) is 53.9 Å². The van der Waals surface area contributed by atoms with Gasteiger partial charge in [0, 0.05) is 10.9 Å². The van der Waals surface area contributed by atoms with Gasteiger partial charge in [-0.3, -0.25) is 9.69 Å². The molecule has 1 aromatic heterocycles. The Hall–Kier alpha value is -3.19. The minimum Gasteiger partial charge on any atom is -0.497 e. The summed E-state index contributed by atoms with van der Waals surface area (Å²) >= 11 is 1.47. The van der Waals surface area contributed by atoms with Crippen molar-refractivity contribution in [3.05, 3.63) is 70.7 Å². The zero-order valence-electron chi connectivity index (χ0n) is 16.4. The molecule has 4 rings (SSSR count). The molecule has 1 fully saturated rings. The lowest BCUT2D eigenvalue weighted by atomic mass is 9.88. The molecule has 0 bridgehead atoms. The molecule has 1 N–H and O–H groups in total. The SMILES string of the molecule is COc1cccc(-c2nc(CN3C(=O)NC(C)(c4ccccc4C)C3=O)cs2)c1. The Morgan fingerprint density at radius 3 is 2.72 bits per heavy atom. The number of rotatable bonds is 5. The Kier molecular flexibility index (Phi) is 4.84. The molecule has 1 aliphatic rings. The Morgan fingerprint density at radius 2 is 1.97 bits per heavy atom. The van der Waals surface area contributed by atoms with Crippen molar-refractivity contribution in [2.45, 2.75) is 25.9 Å². The zero-order chi connectivity index (χ0) is 20.6. The minimum atomic E-state index is -1.08. The van der Waals surface area contributed by atoms with Gasteiger partial charge in [0.2, 0.25) is 0 Å². The molecule has 3 aromatic rings. The lowest BCUT2D eigenvalue weighted by molar-refractivity contribution is -0.131. The second-order valence-electron chi connectivity index (χ2n) is 7.14. The molecule has 1 aliphatic heterocycles. The molecule has 0 spiro atoms. The van der Waals surface area contributed by atoms with Crippen molar-refractivity contribution in [3.8, 4) is 16.3 Å². The largest absolute Gasteiger partial charge is 0.497 e. The molecule has 1 atom stereocenters. The average molecular weight is 407 g/mol. The van der Waals surface area contributed by atoms with E-state index in [0.717, 1.165) is 27.4 Å². The number of methoxy groups -OCH3 is 1. The Morgan fingerprint density at radius 1 is 1.17 bits per heavy atom. The second kappa shape index (κ2) is 7.33. The van der Waals surface area contributed by atoms with E-state index in [1.165, 1.54) is 16.2 Å². The number of benzene rings is 2. The van der Waals surface area contributed by atoms with Gasteiger partial charge in [0.1, 0.15) is 16.3 Å². The van der Waals surface area contributed by atoms with Crippen molar-refractivity contribution < 1.29 is 14.3 Å². The molecule has 2 aromatic carbocycles. The molecule has 1 saturated heterocycles. The monoisotopic (exact) mass is 407 g/mol. The molecule has 7 heteroatoms. The molecule has 148 valence electrons. The van der Waals surface area contributed by atoms with Crippen LogP contribution in [0.5, 0.6) is 5.75 Å². The van der Waals surface area contributed by atoms with Crippen LogP contribution in [0.4, 0.5) is 4.79 Å². The van der Waals surface area contributed by atoms with E-state index in [4.69, 9.17) is 4.74 Å². The van der Waals surface area contributed by atoms with Crippen LogP contribution in [-0.2, 0) is 16.9 Å². The number of nitrogens with one attached hydrogen (secondary N) is 1. The molecule has 6 nitrogen and oxygen atoms in total. The fourth-order valence-corrected chi connectivity index (χ4v) is 4.40. The number of nitrogens with zero attached hydrogens (tertiary/aromatic N) is 2. The number of aromatic nitrogens is 1. The molecular weight excluding hydrogens is 386 g/mol. The number of hydrogen-bond donors (Lipinski definition) is 1. The van der Waals surface area contributed by atoms with Crippen LogP contribution in [0.25, 0.3) is 10.6 Å². The highest BCUT2D eigenvalue weighted by Crippen LogP contribution is 2.33. The number of imide groups is 1. The standard InChI is InChI=1S/C22H21N3O3S/c1-14-7-4-5-10-18(14)22(2)20(26)25(21(27)24-22)12-16-13-29-19(23-16)15-8-6-9-17(11-15)28-3/h4-11,13H,12H2,1-3H3,(H,24,27). The number of carbonyl (C=O) groups excluding carboxylic acids is 2. The van der Waals surface area contributed by atoms with Gasteiger partial charge in [-0.05, 0) is 37.1 Å². The maximum atomic E-state index is 13.2. The summed E-state index contributed by atoms with van der Waals surface area (Å²) in [6, 6.07) is 14.8. The number of aryl methyl sites for hydroxylation is 1. The molecule has 2 heterocycles. The van der Waals surface area contributed by atoms with Gasteiger partial charge in [0.15, 0.2) is 0 Å². The van der Waals surface area contributed by atoms with E-state index in [1.54, 1.807) is 14.0 Å².